The van der Waals surface area contributed by atoms with Crippen LogP contribution in [0.25, 0.3) is 0 Å². The molecule has 0 aromatic carbocycles. The molecule has 0 heterocycles. The molecule has 0 saturated carbocycles. The van der Waals surface area contributed by atoms with Crippen molar-refractivity contribution in [2.45, 2.75) is 58.3 Å². The third-order valence-electron chi connectivity index (χ3n) is 2.48. The van der Waals surface area contributed by atoms with Gasteiger partial charge in [0.1, 0.15) is 0 Å². The van der Waals surface area contributed by atoms with Gasteiger partial charge in [-0.15, -0.1) is 0 Å². The summed E-state index contributed by atoms with van der Waals surface area (Å²) in [5, 5.41) is 2.75. The number of unbranched alkanes of at least 4 members (excludes halogenated alkanes) is 7. The molecule has 0 aliphatic heterocycles. The van der Waals surface area contributed by atoms with Gasteiger partial charge in [-0.25, -0.2) is 0 Å². The summed E-state index contributed by atoms with van der Waals surface area (Å²) in [6.45, 7) is 2.98. The Morgan fingerprint density at radius 1 is 1.06 bits per heavy atom. The molecule has 16 heavy (non-hydrogen) atoms. The molecule has 0 spiro atoms. The molecule has 3 heteroatoms. The lowest BCUT2D eigenvalue weighted by Crippen LogP contribution is -2.22. The van der Waals surface area contributed by atoms with Gasteiger partial charge in [0.05, 0.1) is 0 Å². The van der Waals surface area contributed by atoms with Crippen LogP contribution in [0, 0.1) is 10.8 Å². The van der Waals surface area contributed by atoms with Gasteiger partial charge in [-0.1, -0.05) is 51.9 Å². The van der Waals surface area contributed by atoms with Crippen molar-refractivity contribution in [1.29, 1.82) is 0 Å². The van der Waals surface area contributed by atoms with Gasteiger partial charge in [0, 0.05) is 28.4 Å². The summed E-state index contributed by atoms with van der Waals surface area (Å²) >= 11 is 2.89. The highest BCUT2D eigenvalue weighted by Gasteiger charge is 1.94. The van der Waals surface area contributed by atoms with Gasteiger partial charge in [-0.05, 0) is 11.3 Å². The Bertz CT molecular complexity index is 230. The average Bonchev–Trinajstić information content (AvgIpc) is 2.27. The minimum absolute atomic E-state index is 0.195. The lowest BCUT2D eigenvalue weighted by molar-refractivity contribution is -0.115. The van der Waals surface area contributed by atoms with Gasteiger partial charge >= 0.3 is 0 Å². The van der Waals surface area contributed by atoms with Crippen LogP contribution < -0.4 is 5.32 Å². The molecule has 0 aliphatic carbocycles. The number of rotatable bonds is 9. The summed E-state index contributed by atoms with van der Waals surface area (Å²) in [6, 6.07) is 0. The van der Waals surface area contributed by atoms with E-state index in [1.54, 1.807) is 0 Å². The van der Waals surface area contributed by atoms with E-state index in [0.717, 1.165) is 13.0 Å². The number of halogens is 1. The Morgan fingerprint density at radius 3 is 2.19 bits per heavy atom. The summed E-state index contributed by atoms with van der Waals surface area (Å²) in [6.07, 6.45) is 10.3. The van der Waals surface area contributed by atoms with Gasteiger partial charge in [-0.2, -0.15) is 0 Å². The van der Waals surface area contributed by atoms with E-state index in [-0.39, 0.29) is 5.91 Å². The van der Waals surface area contributed by atoms with Crippen LogP contribution in [0.15, 0.2) is 0 Å². The third-order valence-corrected chi connectivity index (χ3v) is 2.67. The Kier molecular flexibility index (Phi) is 12.2. The second-order valence-corrected chi connectivity index (χ2v) is 4.35. The number of carbonyl (C=O) groups is 1. The van der Waals surface area contributed by atoms with E-state index in [4.69, 9.17) is 0 Å². The van der Waals surface area contributed by atoms with Crippen LogP contribution in [0.2, 0.25) is 0 Å². The molecule has 0 saturated heterocycles. The maximum absolute atomic E-state index is 10.9. The molecule has 0 atom stereocenters. The first kappa shape index (κ1) is 15.5. The molecule has 0 aromatic heterocycles. The van der Waals surface area contributed by atoms with Crippen molar-refractivity contribution in [1.82, 2.24) is 5.32 Å². The van der Waals surface area contributed by atoms with Gasteiger partial charge < -0.3 is 5.32 Å². The maximum atomic E-state index is 10.9. The Hall–Kier alpha value is -0.490. The zero-order valence-electron chi connectivity index (χ0n) is 10.2. The minimum atomic E-state index is -0.195. The van der Waals surface area contributed by atoms with Crippen molar-refractivity contribution in [3.05, 3.63) is 0 Å². The molecule has 0 aromatic rings. The molecular formula is C13H22BrNO. The monoisotopic (exact) mass is 287 g/mol. The molecule has 0 rings (SSSR count). The second kappa shape index (κ2) is 12.6. The highest BCUT2D eigenvalue weighted by molar-refractivity contribution is 9.12. The van der Waals surface area contributed by atoms with Crippen LogP contribution >= 0.6 is 15.9 Å². The fourth-order valence-corrected chi connectivity index (χ4v) is 1.73. The maximum Gasteiger partial charge on any atom is 0.296 e. The molecule has 1 amide bonds. The number of nitrogens with one attached hydrogen (secondary N) is 1. The van der Waals surface area contributed by atoms with Crippen molar-refractivity contribution in [2.75, 3.05) is 6.54 Å². The molecule has 92 valence electrons. The highest BCUT2D eigenvalue weighted by Crippen LogP contribution is 2.07. The highest BCUT2D eigenvalue weighted by atomic mass is 79.9. The topological polar surface area (TPSA) is 29.1 Å². The molecule has 0 aliphatic rings. The summed E-state index contributed by atoms with van der Waals surface area (Å²) in [5.74, 6) is 2.19. The summed E-state index contributed by atoms with van der Waals surface area (Å²) in [7, 11) is 0. The van der Waals surface area contributed by atoms with E-state index < -0.39 is 0 Å². The van der Waals surface area contributed by atoms with Gasteiger partial charge in [0.15, 0.2) is 0 Å². The molecule has 2 nitrogen and oxygen atoms in total. The van der Waals surface area contributed by atoms with E-state index in [0.29, 0.717) is 0 Å². The van der Waals surface area contributed by atoms with E-state index in [2.05, 4.69) is 38.9 Å². The molecule has 0 bridgehead atoms. The van der Waals surface area contributed by atoms with Crippen LogP contribution in [0.5, 0.6) is 0 Å². The molecule has 1 N–H and O–H groups in total. The van der Waals surface area contributed by atoms with E-state index in [1.165, 1.54) is 44.9 Å². The van der Waals surface area contributed by atoms with Crippen LogP contribution in [0.1, 0.15) is 58.3 Å². The first-order valence-electron chi connectivity index (χ1n) is 6.20. The number of hydrogen-bond donors (Lipinski definition) is 1. The summed E-state index contributed by atoms with van der Waals surface area (Å²) < 4.78 is 0. The van der Waals surface area contributed by atoms with E-state index >= 15 is 0 Å². The average molecular weight is 288 g/mol. The fourth-order valence-electron chi connectivity index (χ4n) is 1.55. The summed E-state index contributed by atoms with van der Waals surface area (Å²) in [4.78, 5) is 13.3. The van der Waals surface area contributed by atoms with Gasteiger partial charge in [-0.3, -0.25) is 4.79 Å². The lowest BCUT2D eigenvalue weighted by atomic mass is 10.1. The predicted octanol–water partition coefficient (Wildman–Crippen LogP) is 3.60. The quantitative estimate of drug-likeness (QED) is 0.510. The lowest BCUT2D eigenvalue weighted by Gasteiger charge is -2.02. The third kappa shape index (κ3) is 11.6. The zero-order valence-corrected chi connectivity index (χ0v) is 11.7. The largest absolute Gasteiger partial charge is 0.345 e. The van der Waals surface area contributed by atoms with Crippen molar-refractivity contribution in [2.24, 2.45) is 0 Å². The van der Waals surface area contributed by atoms with Crippen molar-refractivity contribution < 1.29 is 4.79 Å². The Morgan fingerprint density at radius 2 is 1.62 bits per heavy atom. The molecule has 0 unspecified atom stereocenters. The first-order chi connectivity index (χ1) is 7.81. The van der Waals surface area contributed by atoms with Gasteiger partial charge in [0.2, 0.25) is 0 Å². The van der Waals surface area contributed by atoms with Crippen LogP contribution in [0.3, 0.4) is 0 Å². The Balaban J connectivity index is 3.09. The number of carbonyl (C=O) groups excluding carboxylic acids is 1. The van der Waals surface area contributed by atoms with Crippen LogP contribution in [0.4, 0.5) is 0 Å². The predicted molar refractivity (Wildman–Crippen MR) is 72.3 cm³/mol. The van der Waals surface area contributed by atoms with Crippen LogP contribution in [-0.2, 0) is 4.79 Å². The van der Waals surface area contributed by atoms with Crippen molar-refractivity contribution >= 4 is 21.8 Å². The standard InChI is InChI=1S/C13H22BrNO/c1-2-3-4-5-6-7-8-9-12-15-13(16)10-11-14/h2-9,12H2,1H3,(H,15,16). The van der Waals surface area contributed by atoms with E-state index in [1.807, 2.05) is 0 Å². The SMILES string of the molecule is CCCCCCCCCCNC(=O)C#CBr. The molecule has 0 fully saturated rings. The van der Waals surface area contributed by atoms with Crippen LogP contribution in [-0.4, -0.2) is 12.5 Å². The number of hydrogen-bond acceptors (Lipinski definition) is 1. The van der Waals surface area contributed by atoms with E-state index in [9.17, 15) is 4.79 Å². The van der Waals surface area contributed by atoms with Gasteiger partial charge in [0.25, 0.3) is 5.91 Å². The van der Waals surface area contributed by atoms with Crippen molar-refractivity contribution in [3.63, 3.8) is 0 Å². The smallest absolute Gasteiger partial charge is 0.296 e. The molecule has 0 radical (unpaired) electrons. The normalized spacial score (nSPS) is 9.38. The number of amides is 1. The first-order valence-corrected chi connectivity index (χ1v) is 7.00. The zero-order chi connectivity index (χ0) is 12.1. The van der Waals surface area contributed by atoms with Crippen molar-refractivity contribution in [3.8, 4) is 10.8 Å². The fraction of sp³-hybridized carbons (Fsp3) is 0.769. The Labute approximate surface area is 108 Å². The molecular weight excluding hydrogens is 266 g/mol. The second-order valence-electron chi connectivity index (χ2n) is 3.95. The minimum Gasteiger partial charge on any atom is -0.345 e. The summed E-state index contributed by atoms with van der Waals surface area (Å²) in [5.41, 5.74) is 0.